The van der Waals surface area contributed by atoms with E-state index in [1.165, 1.54) is 0 Å². The minimum Gasteiger partial charge on any atom is -0.491 e. The number of fused-ring (bicyclic) bond motifs is 4. The number of nitrogens with zero attached hydrogens (tertiary/aromatic N) is 5. The topological polar surface area (TPSA) is 188 Å². The Morgan fingerprint density at radius 3 is 2.11 bits per heavy atom. The second kappa shape index (κ2) is 21.1. The van der Waals surface area contributed by atoms with Crippen molar-refractivity contribution in [3.63, 3.8) is 0 Å². The largest absolute Gasteiger partial charge is 0.491 e. The predicted molar refractivity (Wildman–Crippen MR) is 283 cm³/mol. The SMILES string of the molecule is CC(NC(=O)N1C(=O)C2(c3cc(C#CCn4nnc5ccccc54)ccc31)C(C(=O)NCC(O)c1ccccc1)C1C(=O)OC(c3ccccc3)C(c3ccccc3)N1C2c1ccc(OCCO)cc1)c1ccccc1. The van der Waals surface area contributed by atoms with Gasteiger partial charge in [0.1, 0.15) is 42.0 Å². The van der Waals surface area contributed by atoms with E-state index in [0.29, 0.717) is 33.5 Å². The van der Waals surface area contributed by atoms with Crippen LogP contribution >= 0.6 is 0 Å². The van der Waals surface area contributed by atoms with E-state index in [4.69, 9.17) is 9.47 Å². The molecule has 4 amide bonds. The van der Waals surface area contributed by atoms with Gasteiger partial charge in [-0.05, 0) is 82.8 Å². The third-order valence-corrected chi connectivity index (χ3v) is 14.7. The Bertz CT molecular complexity index is 3480. The highest BCUT2D eigenvalue weighted by atomic mass is 16.6. The highest BCUT2D eigenvalue weighted by Gasteiger charge is 2.75. The molecule has 1 aromatic heterocycles. The number of aliphatic hydroxyl groups is 2. The van der Waals surface area contributed by atoms with Gasteiger partial charge in [0, 0.05) is 12.1 Å². The number of hydrogen-bond acceptors (Lipinski definition) is 11. The van der Waals surface area contributed by atoms with Crippen molar-refractivity contribution in [3.8, 4) is 17.6 Å². The van der Waals surface area contributed by atoms with E-state index in [0.717, 1.165) is 21.5 Å². The van der Waals surface area contributed by atoms with E-state index in [9.17, 15) is 10.2 Å². The van der Waals surface area contributed by atoms with Gasteiger partial charge in [-0.25, -0.2) is 14.4 Å². The molecule has 3 aliphatic heterocycles. The lowest BCUT2D eigenvalue weighted by Gasteiger charge is -2.46. The van der Waals surface area contributed by atoms with Crippen LogP contribution in [-0.2, 0) is 31.1 Å². The molecule has 0 bridgehead atoms. The number of nitrogens with one attached hydrogen (secondary N) is 2. The smallest absolute Gasteiger partial charge is 0.329 e. The number of carbonyl (C=O) groups excluding carboxylic acids is 4. The lowest BCUT2D eigenvalue weighted by atomic mass is 9.65. The minimum atomic E-state index is -2.10. The second-order valence-corrected chi connectivity index (χ2v) is 19.1. The van der Waals surface area contributed by atoms with Crippen LogP contribution in [0.2, 0.25) is 0 Å². The first-order valence-corrected chi connectivity index (χ1v) is 25.2. The molecule has 2 fully saturated rings. The van der Waals surface area contributed by atoms with E-state index in [1.54, 1.807) is 71.4 Å². The van der Waals surface area contributed by atoms with Crippen molar-refractivity contribution in [1.29, 1.82) is 0 Å². The van der Waals surface area contributed by atoms with E-state index >= 15 is 19.2 Å². The van der Waals surface area contributed by atoms with Crippen LogP contribution in [-0.4, -0.2) is 79.7 Å². The van der Waals surface area contributed by atoms with Gasteiger partial charge in [0.2, 0.25) is 11.8 Å². The molecular formula is C61H53N7O8. The molecule has 11 rings (SSSR count). The fourth-order valence-corrected chi connectivity index (χ4v) is 11.3. The number of ether oxygens (including phenoxy) is 2. The number of cyclic esters (lactones) is 1. The van der Waals surface area contributed by atoms with Crippen molar-refractivity contribution >= 4 is 40.5 Å². The van der Waals surface area contributed by atoms with Crippen LogP contribution in [0.15, 0.2) is 188 Å². The molecule has 0 radical (unpaired) electrons. The summed E-state index contributed by atoms with van der Waals surface area (Å²) in [7, 11) is 0. The van der Waals surface area contributed by atoms with Gasteiger partial charge in [0.15, 0.2) is 0 Å². The lowest BCUT2D eigenvalue weighted by molar-refractivity contribution is -0.178. The molecule has 0 saturated carbocycles. The van der Waals surface area contributed by atoms with Gasteiger partial charge in [0.25, 0.3) is 0 Å². The third-order valence-electron chi connectivity index (χ3n) is 14.7. The summed E-state index contributed by atoms with van der Waals surface area (Å²) in [5.41, 5.74) is 3.57. The van der Waals surface area contributed by atoms with Gasteiger partial charge < -0.3 is 30.3 Å². The van der Waals surface area contributed by atoms with Gasteiger partial charge in [-0.2, -0.15) is 0 Å². The Morgan fingerprint density at radius 1 is 0.763 bits per heavy atom. The van der Waals surface area contributed by atoms with Crippen molar-refractivity contribution in [2.75, 3.05) is 24.7 Å². The Labute approximate surface area is 438 Å². The molecule has 0 aliphatic carbocycles. The average molecular weight is 1010 g/mol. The second-order valence-electron chi connectivity index (χ2n) is 19.1. The molecular weight excluding hydrogens is 959 g/mol. The van der Waals surface area contributed by atoms with Crippen LogP contribution in [0.3, 0.4) is 0 Å². The summed E-state index contributed by atoms with van der Waals surface area (Å²) < 4.78 is 14.2. The van der Waals surface area contributed by atoms with Crippen molar-refractivity contribution in [2.24, 2.45) is 5.92 Å². The fraction of sp³-hybridized carbons (Fsp3) is 0.213. The number of carbonyl (C=O) groups is 4. The summed E-state index contributed by atoms with van der Waals surface area (Å²) in [6.07, 6.45) is -2.12. The molecule has 8 atom stereocenters. The summed E-state index contributed by atoms with van der Waals surface area (Å²) in [4.78, 5) is 66.6. The number of esters is 1. The summed E-state index contributed by atoms with van der Waals surface area (Å²) in [6, 6.07) is 51.9. The number of rotatable bonds is 13. The molecule has 1 spiro atoms. The number of para-hydroxylation sites is 1. The lowest BCUT2D eigenvalue weighted by Crippen LogP contribution is -2.56. The van der Waals surface area contributed by atoms with E-state index in [2.05, 4.69) is 32.8 Å². The standard InChI is InChI=1S/C61H53N7O8/c1-39(41-18-6-2-7-19-41)63-60(74)67-49-33-28-40(17-16-34-66-50-27-15-14-26-48(50)64-65-66)37-47(49)61(59(67)73)52(57(71)62-38-51(70)42-20-8-3-9-21-42)54-58(72)76-55(44-24-12-5-13-25-44)53(43-22-10-4-11-23-43)68(54)56(61)45-29-31-46(32-30-45)75-36-35-69/h2-15,18-33,37,39,51-56,69-70H,34-36,38H2,1H3,(H,62,71)(H,63,74). The zero-order valence-corrected chi connectivity index (χ0v) is 41.3. The van der Waals surface area contributed by atoms with Crippen molar-refractivity contribution in [3.05, 3.63) is 227 Å². The highest BCUT2D eigenvalue weighted by Crippen LogP contribution is 2.66. The zero-order valence-electron chi connectivity index (χ0n) is 41.3. The molecule has 76 heavy (non-hydrogen) atoms. The van der Waals surface area contributed by atoms with E-state index < -0.39 is 71.5 Å². The molecule has 15 heteroatoms. The van der Waals surface area contributed by atoms with Crippen molar-refractivity contribution in [1.82, 2.24) is 30.5 Å². The first-order chi connectivity index (χ1) is 37.2. The van der Waals surface area contributed by atoms with Gasteiger partial charge >= 0.3 is 12.0 Å². The molecule has 8 unspecified atom stereocenters. The molecule has 2 saturated heterocycles. The monoisotopic (exact) mass is 1010 g/mol. The maximum atomic E-state index is 16.8. The molecule has 4 heterocycles. The summed E-state index contributed by atoms with van der Waals surface area (Å²) in [5, 5.41) is 35.9. The highest BCUT2D eigenvalue weighted by molar-refractivity contribution is 6.24. The number of morpholine rings is 1. The van der Waals surface area contributed by atoms with Crippen LogP contribution in [0.4, 0.5) is 10.5 Å². The zero-order chi connectivity index (χ0) is 52.3. The Balaban J connectivity index is 1.15. The first kappa shape index (κ1) is 49.3. The fourth-order valence-electron chi connectivity index (χ4n) is 11.3. The van der Waals surface area contributed by atoms with Crippen molar-refractivity contribution < 1.29 is 38.9 Å². The molecule has 7 aromatic carbocycles. The summed E-state index contributed by atoms with van der Waals surface area (Å²) in [5.74, 6) is 3.05. The number of imide groups is 1. The number of amides is 4. The Morgan fingerprint density at radius 2 is 1.41 bits per heavy atom. The Hall–Kier alpha value is -8.94. The number of hydrogen-bond donors (Lipinski definition) is 4. The van der Waals surface area contributed by atoms with Crippen LogP contribution in [0.25, 0.3) is 11.0 Å². The number of aromatic nitrogens is 3. The molecule has 380 valence electrons. The van der Waals surface area contributed by atoms with Gasteiger partial charge in [0.05, 0.1) is 48.0 Å². The summed E-state index contributed by atoms with van der Waals surface area (Å²) in [6.45, 7) is 1.49. The van der Waals surface area contributed by atoms with Gasteiger partial charge in [-0.3, -0.25) is 19.3 Å². The normalized spacial score (nSPS) is 21.5. The predicted octanol–water partition coefficient (Wildman–Crippen LogP) is 7.84. The van der Waals surface area contributed by atoms with E-state index in [1.807, 2.05) is 133 Å². The number of anilines is 1. The van der Waals surface area contributed by atoms with Crippen LogP contribution < -0.4 is 20.3 Å². The van der Waals surface area contributed by atoms with Crippen molar-refractivity contribution in [2.45, 2.75) is 55.3 Å². The maximum Gasteiger partial charge on any atom is 0.329 e. The molecule has 8 aromatic rings. The third kappa shape index (κ3) is 8.91. The van der Waals surface area contributed by atoms with Gasteiger partial charge in [-0.15, -0.1) is 5.10 Å². The maximum absolute atomic E-state index is 16.8. The average Bonchev–Trinajstić information content (AvgIpc) is 4.17. The Kier molecular flexibility index (Phi) is 13.7. The number of benzene rings is 7. The molecule has 3 aliphatic rings. The van der Waals surface area contributed by atoms with E-state index in [-0.39, 0.29) is 37.6 Å². The number of aliphatic hydroxyl groups excluding tert-OH is 2. The number of urea groups is 1. The quantitative estimate of drug-likeness (QED) is 0.0651. The molecule has 15 nitrogen and oxygen atoms in total. The molecule has 4 N–H and O–H groups in total. The van der Waals surface area contributed by atoms with Crippen LogP contribution in [0, 0.1) is 17.8 Å². The van der Waals surface area contributed by atoms with Crippen LogP contribution in [0.5, 0.6) is 5.75 Å². The first-order valence-electron chi connectivity index (χ1n) is 25.2. The summed E-state index contributed by atoms with van der Waals surface area (Å²) >= 11 is 0. The van der Waals surface area contributed by atoms with Crippen LogP contribution in [0.1, 0.15) is 76.2 Å². The minimum absolute atomic E-state index is 0.0208. The van der Waals surface area contributed by atoms with Gasteiger partial charge in [-0.1, -0.05) is 163 Å².